The fraction of sp³-hybridized carbons (Fsp3) is 0.348. The minimum Gasteiger partial charge on any atom is -0.497 e. The summed E-state index contributed by atoms with van der Waals surface area (Å²) in [6.07, 6.45) is 2.61. The van der Waals surface area contributed by atoms with Gasteiger partial charge in [0.25, 0.3) is 0 Å². The molecule has 0 aliphatic carbocycles. The van der Waals surface area contributed by atoms with Gasteiger partial charge in [-0.25, -0.2) is 4.79 Å². The van der Waals surface area contributed by atoms with Crippen LogP contribution in [0.3, 0.4) is 0 Å². The Labute approximate surface area is 180 Å². The van der Waals surface area contributed by atoms with Crippen molar-refractivity contribution >= 4 is 23.1 Å². The van der Waals surface area contributed by atoms with Crippen molar-refractivity contribution < 1.29 is 9.53 Å². The van der Waals surface area contributed by atoms with E-state index in [1.54, 1.807) is 18.4 Å². The first kappa shape index (κ1) is 20.3. The Balaban J connectivity index is 1.30. The average Bonchev–Trinajstić information content (AvgIpc) is 3.23. The number of rotatable bonds is 5. The van der Waals surface area contributed by atoms with Gasteiger partial charge >= 0.3 is 6.03 Å². The van der Waals surface area contributed by atoms with Crippen LogP contribution in [0.15, 0.2) is 48.5 Å². The van der Waals surface area contributed by atoms with Crippen molar-refractivity contribution in [2.45, 2.75) is 32.1 Å². The number of ether oxygens (including phenoxy) is 1. The molecule has 2 heterocycles. The Kier molecular flexibility index (Phi) is 6.28. The number of methoxy groups -OCH3 is 1. The number of hydrogen-bond acceptors (Lipinski definition) is 5. The Bertz CT molecular complexity index is 994. The highest BCUT2D eigenvalue weighted by Crippen LogP contribution is 2.31. The maximum absolute atomic E-state index is 12.6. The van der Waals surface area contributed by atoms with Crippen molar-refractivity contribution in [2.24, 2.45) is 0 Å². The van der Waals surface area contributed by atoms with E-state index in [2.05, 4.69) is 27.6 Å². The maximum Gasteiger partial charge on any atom is 0.321 e. The van der Waals surface area contributed by atoms with Crippen LogP contribution in [0.4, 0.5) is 10.5 Å². The number of likely N-dealkylation sites (tertiary alicyclic amines) is 1. The lowest BCUT2D eigenvalue weighted by Crippen LogP contribution is -2.40. The number of aromatic nitrogens is 2. The molecule has 1 aliphatic heterocycles. The summed E-state index contributed by atoms with van der Waals surface area (Å²) in [4.78, 5) is 14.4. The molecule has 6 nitrogen and oxygen atoms in total. The van der Waals surface area contributed by atoms with Gasteiger partial charge in [-0.3, -0.25) is 0 Å². The number of carbonyl (C=O) groups excluding carboxylic acids is 1. The average molecular weight is 423 g/mol. The Hall–Kier alpha value is -2.93. The summed E-state index contributed by atoms with van der Waals surface area (Å²) in [6.45, 7) is 3.48. The lowest BCUT2D eigenvalue weighted by Gasteiger charge is -2.31. The van der Waals surface area contributed by atoms with Crippen LogP contribution in [0.1, 0.15) is 39.9 Å². The Morgan fingerprint density at radius 3 is 2.63 bits per heavy atom. The van der Waals surface area contributed by atoms with Gasteiger partial charge in [-0.15, -0.1) is 21.5 Å². The highest BCUT2D eigenvalue weighted by Gasteiger charge is 2.26. The molecule has 0 atom stereocenters. The maximum atomic E-state index is 12.6. The molecule has 0 unspecified atom stereocenters. The minimum absolute atomic E-state index is 0.0310. The summed E-state index contributed by atoms with van der Waals surface area (Å²) in [7, 11) is 1.67. The summed E-state index contributed by atoms with van der Waals surface area (Å²) >= 11 is 1.69. The quantitative estimate of drug-likeness (QED) is 0.638. The van der Waals surface area contributed by atoms with Gasteiger partial charge in [0, 0.05) is 31.1 Å². The third-order valence-corrected chi connectivity index (χ3v) is 6.48. The SMILES string of the molecule is COc1ccc(Cc2nnc(C3CCN(C(=O)Nc4cccc(C)c4)CC3)s2)cc1. The number of urea groups is 1. The van der Waals surface area contributed by atoms with Gasteiger partial charge < -0.3 is 15.0 Å². The van der Waals surface area contributed by atoms with Crippen LogP contribution in [0.25, 0.3) is 0 Å². The van der Waals surface area contributed by atoms with E-state index in [1.807, 2.05) is 48.2 Å². The lowest BCUT2D eigenvalue weighted by atomic mass is 9.98. The van der Waals surface area contributed by atoms with Crippen molar-refractivity contribution in [1.82, 2.24) is 15.1 Å². The smallest absolute Gasteiger partial charge is 0.321 e. The van der Waals surface area contributed by atoms with Crippen molar-refractivity contribution in [3.05, 3.63) is 69.7 Å². The van der Waals surface area contributed by atoms with Gasteiger partial charge in [0.05, 0.1) is 7.11 Å². The second-order valence-corrected chi connectivity index (χ2v) is 8.71. The van der Waals surface area contributed by atoms with Crippen molar-refractivity contribution in [1.29, 1.82) is 0 Å². The third-order valence-electron chi connectivity index (χ3n) is 5.40. The summed E-state index contributed by atoms with van der Waals surface area (Å²) in [5, 5.41) is 13.9. The van der Waals surface area contributed by atoms with E-state index in [0.29, 0.717) is 5.92 Å². The summed E-state index contributed by atoms with van der Waals surface area (Å²) in [5.74, 6) is 1.23. The second kappa shape index (κ2) is 9.26. The number of anilines is 1. The van der Waals surface area contributed by atoms with E-state index in [0.717, 1.165) is 59.4 Å². The van der Waals surface area contributed by atoms with Gasteiger partial charge in [-0.2, -0.15) is 0 Å². The normalized spacial score (nSPS) is 14.5. The number of carbonyl (C=O) groups is 1. The fourth-order valence-electron chi connectivity index (χ4n) is 3.68. The van der Waals surface area contributed by atoms with Crippen LogP contribution in [0.5, 0.6) is 5.75 Å². The van der Waals surface area contributed by atoms with E-state index in [9.17, 15) is 4.79 Å². The zero-order valence-corrected chi connectivity index (χ0v) is 18.1. The van der Waals surface area contributed by atoms with Gasteiger partial charge in [0.2, 0.25) is 0 Å². The molecule has 0 bridgehead atoms. The zero-order valence-electron chi connectivity index (χ0n) is 17.3. The monoisotopic (exact) mass is 422 g/mol. The Morgan fingerprint density at radius 2 is 1.93 bits per heavy atom. The summed E-state index contributed by atoms with van der Waals surface area (Å²) in [5.41, 5.74) is 3.17. The van der Waals surface area contributed by atoms with Gasteiger partial charge in [-0.1, -0.05) is 24.3 Å². The van der Waals surface area contributed by atoms with Gasteiger partial charge in [-0.05, 0) is 55.2 Å². The molecule has 0 spiro atoms. The molecule has 1 aromatic heterocycles. The highest BCUT2D eigenvalue weighted by atomic mass is 32.1. The molecule has 4 rings (SSSR count). The van der Waals surface area contributed by atoms with E-state index >= 15 is 0 Å². The van der Waals surface area contributed by atoms with E-state index in [1.165, 1.54) is 5.56 Å². The van der Waals surface area contributed by atoms with Crippen molar-refractivity contribution in [2.75, 3.05) is 25.5 Å². The predicted octanol–water partition coefficient (Wildman–Crippen LogP) is 4.86. The Morgan fingerprint density at radius 1 is 1.17 bits per heavy atom. The van der Waals surface area contributed by atoms with Gasteiger partial charge in [0.1, 0.15) is 15.8 Å². The number of hydrogen-bond donors (Lipinski definition) is 1. The van der Waals surface area contributed by atoms with Crippen molar-refractivity contribution in [3.63, 3.8) is 0 Å². The van der Waals surface area contributed by atoms with E-state index in [-0.39, 0.29) is 6.03 Å². The second-order valence-electron chi connectivity index (χ2n) is 7.62. The topological polar surface area (TPSA) is 67.4 Å². The molecule has 1 N–H and O–H groups in total. The van der Waals surface area contributed by atoms with Crippen LogP contribution in [0.2, 0.25) is 0 Å². The van der Waals surface area contributed by atoms with E-state index in [4.69, 9.17) is 4.74 Å². The number of nitrogens with one attached hydrogen (secondary N) is 1. The molecule has 1 aliphatic rings. The number of piperidine rings is 1. The third kappa shape index (κ3) is 4.97. The fourth-order valence-corrected chi connectivity index (χ4v) is 4.72. The molecule has 2 amide bonds. The van der Waals surface area contributed by atoms with Crippen LogP contribution < -0.4 is 10.1 Å². The minimum atomic E-state index is -0.0310. The van der Waals surface area contributed by atoms with Crippen LogP contribution in [-0.2, 0) is 6.42 Å². The molecule has 1 fully saturated rings. The molecular weight excluding hydrogens is 396 g/mol. The van der Waals surface area contributed by atoms with Crippen LogP contribution in [0, 0.1) is 6.92 Å². The van der Waals surface area contributed by atoms with E-state index < -0.39 is 0 Å². The molecule has 156 valence electrons. The van der Waals surface area contributed by atoms with Crippen molar-refractivity contribution in [3.8, 4) is 5.75 Å². The number of benzene rings is 2. The first-order valence-electron chi connectivity index (χ1n) is 10.2. The standard InChI is InChI=1S/C23H26N4O2S/c1-16-4-3-5-19(14-16)24-23(28)27-12-10-18(11-13-27)22-26-25-21(30-22)15-17-6-8-20(29-2)9-7-17/h3-9,14,18H,10-13,15H2,1-2H3,(H,24,28). The molecule has 1 saturated heterocycles. The molecule has 2 aromatic carbocycles. The largest absolute Gasteiger partial charge is 0.497 e. The van der Waals surface area contributed by atoms with Crippen LogP contribution in [-0.4, -0.2) is 41.3 Å². The molecular formula is C23H26N4O2S. The number of aryl methyl sites for hydroxylation is 1. The highest BCUT2D eigenvalue weighted by molar-refractivity contribution is 7.11. The molecule has 7 heteroatoms. The lowest BCUT2D eigenvalue weighted by molar-refractivity contribution is 0.194. The number of amides is 2. The first-order chi connectivity index (χ1) is 14.6. The number of nitrogens with zero attached hydrogens (tertiary/aromatic N) is 3. The van der Waals surface area contributed by atoms with Crippen LogP contribution >= 0.6 is 11.3 Å². The summed E-state index contributed by atoms with van der Waals surface area (Å²) < 4.78 is 5.21. The zero-order chi connectivity index (χ0) is 20.9. The predicted molar refractivity (Wildman–Crippen MR) is 119 cm³/mol. The molecule has 0 saturated carbocycles. The molecule has 30 heavy (non-hydrogen) atoms. The summed E-state index contributed by atoms with van der Waals surface area (Å²) in [6, 6.07) is 15.9. The molecule has 0 radical (unpaired) electrons. The van der Waals surface area contributed by atoms with Gasteiger partial charge in [0.15, 0.2) is 0 Å². The molecule has 3 aromatic rings. The first-order valence-corrected chi connectivity index (χ1v) is 11.0.